The van der Waals surface area contributed by atoms with Gasteiger partial charge in [-0.1, -0.05) is 29.8 Å². The summed E-state index contributed by atoms with van der Waals surface area (Å²) in [6, 6.07) is 14.8. The van der Waals surface area contributed by atoms with Crippen molar-refractivity contribution in [2.75, 3.05) is 11.6 Å². The minimum absolute atomic E-state index is 0.403. The van der Waals surface area contributed by atoms with Gasteiger partial charge in [-0.05, 0) is 37.3 Å². The highest BCUT2D eigenvalue weighted by Crippen LogP contribution is 2.35. The van der Waals surface area contributed by atoms with Gasteiger partial charge in [-0.3, -0.25) is 0 Å². The van der Waals surface area contributed by atoms with Crippen LogP contribution in [0.2, 0.25) is 5.02 Å². The molecule has 0 aliphatic heterocycles. The fraction of sp³-hybridized carbons (Fsp3) is 0.100. The van der Waals surface area contributed by atoms with Crippen LogP contribution < -0.4 is 5.32 Å². The number of anilines is 2. The molecule has 6 nitrogen and oxygen atoms in total. The van der Waals surface area contributed by atoms with Gasteiger partial charge in [0, 0.05) is 39.0 Å². The Kier molecular flexibility index (Phi) is 4.56. The summed E-state index contributed by atoms with van der Waals surface area (Å²) in [6.45, 7) is 1.99. The van der Waals surface area contributed by atoms with E-state index in [0.29, 0.717) is 21.6 Å². The number of halogens is 1. The first kappa shape index (κ1) is 18.5. The van der Waals surface area contributed by atoms with Gasteiger partial charge in [-0.25, -0.2) is 19.0 Å². The molecule has 0 saturated carbocycles. The first-order valence-electron chi connectivity index (χ1n) is 8.54. The zero-order chi connectivity index (χ0) is 19.9. The Morgan fingerprint density at radius 1 is 1.14 bits per heavy atom. The highest BCUT2D eigenvalue weighted by atomic mass is 35.5. The van der Waals surface area contributed by atoms with Crippen molar-refractivity contribution in [2.45, 2.75) is 11.8 Å². The third-order valence-corrected chi connectivity index (χ3v) is 5.88. The zero-order valence-electron chi connectivity index (χ0n) is 15.3. The minimum atomic E-state index is -2.74. The van der Waals surface area contributed by atoms with Crippen LogP contribution in [-0.4, -0.2) is 25.4 Å². The van der Waals surface area contributed by atoms with Crippen LogP contribution in [0.1, 0.15) is 5.69 Å². The Balaban J connectivity index is 1.72. The minimum Gasteiger partial charge on any atom is -0.358 e. The van der Waals surface area contributed by atoms with E-state index in [2.05, 4.69) is 20.3 Å². The van der Waals surface area contributed by atoms with Crippen molar-refractivity contribution in [3.05, 3.63) is 65.4 Å². The van der Waals surface area contributed by atoms with E-state index in [-0.39, 0.29) is 0 Å². The van der Waals surface area contributed by atoms with Crippen LogP contribution in [0.4, 0.5) is 11.6 Å². The predicted octanol–water partition coefficient (Wildman–Crippen LogP) is 5.37. The second-order valence-electron chi connectivity index (χ2n) is 6.55. The van der Waals surface area contributed by atoms with E-state index in [1.54, 1.807) is 30.5 Å². The zero-order valence-corrected chi connectivity index (χ0v) is 16.9. The number of hydrogen-bond donors (Lipinski definition) is 3. The lowest BCUT2D eigenvalue weighted by Crippen LogP contribution is -2.00. The van der Waals surface area contributed by atoms with Crippen molar-refractivity contribution in [2.24, 2.45) is 0 Å². The highest BCUT2D eigenvalue weighted by molar-refractivity contribution is 7.91. The van der Waals surface area contributed by atoms with E-state index < -0.39 is 9.73 Å². The maximum absolute atomic E-state index is 11.8. The second kappa shape index (κ2) is 6.92. The van der Waals surface area contributed by atoms with Crippen LogP contribution in [0.3, 0.4) is 0 Å². The fourth-order valence-electron chi connectivity index (χ4n) is 3.11. The average Bonchev–Trinajstić information content (AvgIpc) is 2.99. The lowest BCUT2D eigenvalue weighted by molar-refractivity contribution is 0.679. The van der Waals surface area contributed by atoms with Crippen molar-refractivity contribution < 1.29 is 4.21 Å². The van der Waals surface area contributed by atoms with Crippen molar-refractivity contribution in [3.63, 3.8) is 0 Å². The third kappa shape index (κ3) is 3.46. The third-order valence-electron chi connectivity index (χ3n) is 4.43. The summed E-state index contributed by atoms with van der Waals surface area (Å²) in [7, 11) is -2.74. The summed E-state index contributed by atoms with van der Waals surface area (Å²) in [5.74, 6) is 0.403. The van der Waals surface area contributed by atoms with Gasteiger partial charge in [-0.2, -0.15) is 0 Å². The molecule has 0 radical (unpaired) electrons. The summed E-state index contributed by atoms with van der Waals surface area (Å²) in [5.41, 5.74) is 4.32. The molecule has 3 N–H and O–H groups in total. The number of aromatic amines is 1. The molecule has 28 heavy (non-hydrogen) atoms. The molecule has 0 fully saturated rings. The predicted molar refractivity (Wildman–Crippen MR) is 114 cm³/mol. The van der Waals surface area contributed by atoms with E-state index in [1.165, 1.54) is 6.26 Å². The monoisotopic (exact) mass is 411 g/mol. The van der Waals surface area contributed by atoms with Crippen LogP contribution in [0.5, 0.6) is 0 Å². The SMILES string of the molecule is Cc1[nH]c2ccccc2c1-c1nc(Nc2ccc(S(C)(=N)=O)cc2)ncc1Cl. The van der Waals surface area contributed by atoms with Crippen LogP contribution in [0, 0.1) is 11.7 Å². The average molecular weight is 412 g/mol. The van der Waals surface area contributed by atoms with E-state index in [1.807, 2.05) is 31.2 Å². The van der Waals surface area contributed by atoms with Crippen LogP contribution in [-0.2, 0) is 9.73 Å². The van der Waals surface area contributed by atoms with Crippen molar-refractivity contribution >= 4 is 43.9 Å². The number of rotatable bonds is 4. The molecule has 0 aliphatic rings. The maximum Gasteiger partial charge on any atom is 0.227 e. The molecule has 2 aromatic heterocycles. The molecule has 4 aromatic rings. The highest BCUT2D eigenvalue weighted by Gasteiger charge is 2.16. The molecule has 4 rings (SSSR count). The standard InChI is InChI=1S/C20H18ClN5OS/c1-12-18(15-5-3-4-6-17(15)24-12)19-16(21)11-23-20(26-19)25-13-7-9-14(10-8-13)28(2,22)27/h3-11,22,24H,1-2H3,(H,23,25,26). The molecule has 0 amide bonds. The number of nitrogens with one attached hydrogen (secondary N) is 3. The molecule has 0 saturated heterocycles. The number of hydrogen-bond acceptors (Lipinski definition) is 5. The fourth-order valence-corrected chi connectivity index (χ4v) is 3.95. The van der Waals surface area contributed by atoms with E-state index in [0.717, 1.165) is 27.8 Å². The smallest absolute Gasteiger partial charge is 0.227 e. The van der Waals surface area contributed by atoms with Gasteiger partial charge in [0.2, 0.25) is 5.95 Å². The quantitative estimate of drug-likeness (QED) is 0.421. The topological polar surface area (TPSA) is 94.5 Å². The Morgan fingerprint density at radius 3 is 2.57 bits per heavy atom. The molecule has 1 unspecified atom stereocenters. The van der Waals surface area contributed by atoms with Gasteiger partial charge < -0.3 is 10.3 Å². The van der Waals surface area contributed by atoms with E-state index in [9.17, 15) is 4.21 Å². The van der Waals surface area contributed by atoms with Crippen LogP contribution in [0.25, 0.3) is 22.2 Å². The van der Waals surface area contributed by atoms with Crippen molar-refractivity contribution in [3.8, 4) is 11.3 Å². The number of fused-ring (bicyclic) bond motifs is 1. The number of benzene rings is 2. The van der Waals surface area contributed by atoms with Crippen molar-refractivity contribution in [1.82, 2.24) is 15.0 Å². The molecule has 2 aromatic carbocycles. The Hall–Kier alpha value is -2.90. The first-order valence-corrected chi connectivity index (χ1v) is 10.9. The number of aryl methyl sites for hydroxylation is 1. The Bertz CT molecular complexity index is 1280. The molecular formula is C20H18ClN5OS. The molecule has 0 spiro atoms. The number of H-pyrrole nitrogens is 1. The van der Waals surface area contributed by atoms with Gasteiger partial charge >= 0.3 is 0 Å². The van der Waals surface area contributed by atoms with Gasteiger partial charge in [0.05, 0.1) is 26.6 Å². The van der Waals surface area contributed by atoms with Crippen LogP contribution >= 0.6 is 11.6 Å². The summed E-state index contributed by atoms with van der Waals surface area (Å²) in [4.78, 5) is 12.7. The summed E-state index contributed by atoms with van der Waals surface area (Å²) in [5, 5.41) is 4.65. The molecule has 0 bridgehead atoms. The van der Waals surface area contributed by atoms with Crippen molar-refractivity contribution in [1.29, 1.82) is 4.78 Å². The normalized spacial score (nSPS) is 13.4. The van der Waals surface area contributed by atoms with Gasteiger partial charge in [-0.15, -0.1) is 0 Å². The van der Waals surface area contributed by atoms with Gasteiger partial charge in [0.25, 0.3) is 0 Å². The maximum atomic E-state index is 11.8. The summed E-state index contributed by atoms with van der Waals surface area (Å²) < 4.78 is 19.5. The summed E-state index contributed by atoms with van der Waals surface area (Å²) in [6.07, 6.45) is 2.97. The Labute approximate surface area is 168 Å². The van der Waals surface area contributed by atoms with Crippen LogP contribution in [0.15, 0.2) is 59.6 Å². The molecule has 0 aliphatic carbocycles. The number of nitrogens with zero attached hydrogens (tertiary/aromatic N) is 2. The molecule has 1 atom stereocenters. The number of para-hydroxylation sites is 1. The molecular weight excluding hydrogens is 394 g/mol. The summed E-state index contributed by atoms with van der Waals surface area (Å²) >= 11 is 6.41. The van der Waals surface area contributed by atoms with Gasteiger partial charge in [0.1, 0.15) is 0 Å². The number of aromatic nitrogens is 3. The van der Waals surface area contributed by atoms with E-state index >= 15 is 0 Å². The largest absolute Gasteiger partial charge is 0.358 e. The molecule has 8 heteroatoms. The molecule has 142 valence electrons. The Morgan fingerprint density at radius 2 is 1.86 bits per heavy atom. The second-order valence-corrected chi connectivity index (χ2v) is 9.12. The van der Waals surface area contributed by atoms with Gasteiger partial charge in [0.15, 0.2) is 0 Å². The molecule has 2 heterocycles. The lowest BCUT2D eigenvalue weighted by Gasteiger charge is -2.09. The first-order chi connectivity index (χ1) is 13.3. The lowest BCUT2D eigenvalue weighted by atomic mass is 10.1. The van der Waals surface area contributed by atoms with E-state index in [4.69, 9.17) is 16.4 Å².